The zero-order chi connectivity index (χ0) is 27.1. The van der Waals surface area contributed by atoms with Gasteiger partial charge < -0.3 is 19.1 Å². The lowest BCUT2D eigenvalue weighted by Gasteiger charge is -2.26. The molecule has 1 aliphatic rings. The average molecular weight is 574 g/mol. The number of carbonyl (C=O) groups excluding carboxylic acids is 1. The molecule has 0 saturated carbocycles. The number of carbonyl (C=O) groups is 1. The second-order valence-corrected chi connectivity index (χ2v) is 9.96. The zero-order valence-corrected chi connectivity index (χ0v) is 23.7. The number of nitro benzene ring substituents is 1. The third-order valence-electron chi connectivity index (χ3n) is 6.15. The lowest BCUT2D eigenvalue weighted by Crippen LogP contribution is -2.28. The molecule has 208 valence electrons. The third-order valence-corrected chi connectivity index (χ3v) is 7.44. The van der Waals surface area contributed by atoms with E-state index in [1.54, 1.807) is 42.8 Å². The average Bonchev–Trinajstić information content (AvgIpc) is 3.31. The molecule has 4 rings (SSSR count). The Kier molecular flexibility index (Phi) is 10.8. The Morgan fingerprint density at radius 3 is 2.44 bits per heavy atom. The van der Waals surface area contributed by atoms with Gasteiger partial charge in [-0.3, -0.25) is 19.8 Å². The Morgan fingerprint density at radius 2 is 1.74 bits per heavy atom. The van der Waals surface area contributed by atoms with Crippen LogP contribution in [0, 0.1) is 10.1 Å². The van der Waals surface area contributed by atoms with E-state index in [9.17, 15) is 14.9 Å². The van der Waals surface area contributed by atoms with Crippen molar-refractivity contribution in [1.29, 1.82) is 0 Å². The molecule has 39 heavy (non-hydrogen) atoms. The number of benzene rings is 3. The molecule has 1 unspecified atom stereocenters. The number of anilines is 1. The van der Waals surface area contributed by atoms with Gasteiger partial charge in [0, 0.05) is 42.6 Å². The van der Waals surface area contributed by atoms with Crippen LogP contribution in [-0.4, -0.2) is 56.2 Å². The number of fused-ring (bicyclic) bond motifs is 1. The smallest absolute Gasteiger partial charge is 0.269 e. The first-order chi connectivity index (χ1) is 18.4. The topological polar surface area (TPSA) is 94.4 Å². The molecule has 3 aromatic carbocycles. The van der Waals surface area contributed by atoms with Gasteiger partial charge in [0.05, 0.1) is 24.3 Å². The number of rotatable bonds is 12. The van der Waals surface area contributed by atoms with Crippen LogP contribution >= 0.6 is 24.2 Å². The van der Waals surface area contributed by atoms with Crippen LogP contribution in [-0.2, 0) is 4.79 Å². The van der Waals surface area contributed by atoms with E-state index in [1.165, 1.54) is 12.1 Å². The maximum absolute atomic E-state index is 12.6. The van der Waals surface area contributed by atoms with Crippen molar-refractivity contribution in [3.63, 3.8) is 0 Å². The summed E-state index contributed by atoms with van der Waals surface area (Å²) in [6.45, 7) is 4.07. The molecule has 1 amide bonds. The highest BCUT2D eigenvalue weighted by Gasteiger charge is 2.35. The standard InChI is InChI=1S/C28H31N3O6S.ClH/c1-20(32)30-25-7-4-5-8-27(25)38-28(30)24-19-23(35-3)13-14-26(24)37-17-6-15-29(2)16-18-36-22-11-9-21(10-12-22)31(33)34;/h4-5,7-14,19,28H,6,15-18H2,1-3H3;1H. The first-order valence-corrected chi connectivity index (χ1v) is 13.2. The van der Waals surface area contributed by atoms with Gasteiger partial charge in [-0.05, 0) is 55.9 Å². The van der Waals surface area contributed by atoms with Gasteiger partial charge in [0.25, 0.3) is 5.69 Å². The summed E-state index contributed by atoms with van der Waals surface area (Å²) in [4.78, 5) is 27.9. The van der Waals surface area contributed by atoms with E-state index < -0.39 is 4.92 Å². The molecule has 11 heteroatoms. The molecule has 0 bridgehead atoms. The number of likely N-dealkylation sites (N-methyl/N-ethyl adjacent to an activating group) is 1. The van der Waals surface area contributed by atoms with Crippen molar-refractivity contribution >= 4 is 41.5 Å². The van der Waals surface area contributed by atoms with Crippen molar-refractivity contribution in [3.05, 3.63) is 82.4 Å². The van der Waals surface area contributed by atoms with E-state index in [2.05, 4.69) is 4.90 Å². The van der Waals surface area contributed by atoms with Gasteiger partial charge >= 0.3 is 0 Å². The summed E-state index contributed by atoms with van der Waals surface area (Å²) in [6, 6.07) is 19.7. The fourth-order valence-corrected chi connectivity index (χ4v) is 5.55. The first-order valence-electron chi connectivity index (χ1n) is 12.3. The van der Waals surface area contributed by atoms with Gasteiger partial charge in [-0.25, -0.2) is 0 Å². The normalized spacial score (nSPS) is 13.9. The summed E-state index contributed by atoms with van der Waals surface area (Å²) in [6.07, 6.45) is 0.800. The van der Waals surface area contributed by atoms with Gasteiger partial charge in [0.15, 0.2) is 0 Å². The highest BCUT2D eigenvalue weighted by Crippen LogP contribution is 2.53. The molecular weight excluding hydrogens is 542 g/mol. The molecule has 0 aliphatic carbocycles. The van der Waals surface area contributed by atoms with Crippen LogP contribution in [0.4, 0.5) is 11.4 Å². The second-order valence-electron chi connectivity index (χ2n) is 8.84. The molecular formula is C28H32ClN3O6S. The fourth-order valence-electron chi connectivity index (χ4n) is 4.18. The molecule has 0 spiro atoms. The van der Waals surface area contributed by atoms with Crippen molar-refractivity contribution in [2.24, 2.45) is 0 Å². The minimum Gasteiger partial charge on any atom is -0.497 e. The van der Waals surface area contributed by atoms with Crippen molar-refractivity contribution in [2.45, 2.75) is 23.6 Å². The molecule has 1 aliphatic heterocycles. The molecule has 0 aromatic heterocycles. The van der Waals surface area contributed by atoms with Crippen molar-refractivity contribution < 1.29 is 23.9 Å². The van der Waals surface area contributed by atoms with Gasteiger partial charge in [0.2, 0.25) is 5.91 Å². The number of para-hydroxylation sites is 1. The van der Waals surface area contributed by atoms with Crippen molar-refractivity contribution in [1.82, 2.24) is 4.90 Å². The maximum atomic E-state index is 12.6. The number of nitro groups is 1. The molecule has 9 nitrogen and oxygen atoms in total. The molecule has 0 saturated heterocycles. The Morgan fingerprint density at radius 1 is 1.03 bits per heavy atom. The predicted molar refractivity (Wildman–Crippen MR) is 155 cm³/mol. The van der Waals surface area contributed by atoms with E-state index in [0.29, 0.717) is 31.3 Å². The SMILES string of the molecule is COc1ccc(OCCCN(C)CCOc2ccc([N+](=O)[O-])cc2)c(C2Sc3ccccc3N2C(C)=O)c1.Cl. The van der Waals surface area contributed by atoms with Crippen molar-refractivity contribution in [3.8, 4) is 17.2 Å². The number of nitrogens with zero attached hydrogens (tertiary/aromatic N) is 3. The summed E-state index contributed by atoms with van der Waals surface area (Å²) in [5.41, 5.74) is 1.84. The number of hydrogen-bond acceptors (Lipinski definition) is 8. The van der Waals surface area contributed by atoms with E-state index in [1.807, 2.05) is 49.5 Å². The molecule has 3 aromatic rings. The number of hydrogen-bond donors (Lipinski definition) is 0. The van der Waals surface area contributed by atoms with Gasteiger partial charge in [-0.1, -0.05) is 23.9 Å². The van der Waals surface area contributed by atoms with Crippen LogP contribution in [0.25, 0.3) is 0 Å². The maximum Gasteiger partial charge on any atom is 0.269 e. The van der Waals surface area contributed by atoms with E-state index in [-0.39, 0.29) is 29.4 Å². The molecule has 0 radical (unpaired) electrons. The van der Waals surface area contributed by atoms with Gasteiger partial charge in [-0.15, -0.1) is 12.4 Å². The first kappa shape index (κ1) is 30.1. The highest BCUT2D eigenvalue weighted by atomic mass is 35.5. The number of halogens is 1. The Hall–Kier alpha value is -3.47. The molecule has 1 atom stereocenters. The summed E-state index contributed by atoms with van der Waals surface area (Å²) >= 11 is 1.63. The Balaban J connectivity index is 0.00000420. The van der Waals surface area contributed by atoms with Crippen LogP contribution in [0.3, 0.4) is 0 Å². The zero-order valence-electron chi connectivity index (χ0n) is 22.1. The van der Waals surface area contributed by atoms with E-state index in [0.717, 1.165) is 34.9 Å². The van der Waals surface area contributed by atoms with E-state index in [4.69, 9.17) is 14.2 Å². The lowest BCUT2D eigenvalue weighted by atomic mass is 10.1. The quantitative estimate of drug-likeness (QED) is 0.149. The number of methoxy groups -OCH3 is 1. The minimum atomic E-state index is -0.431. The largest absolute Gasteiger partial charge is 0.497 e. The van der Waals surface area contributed by atoms with E-state index >= 15 is 0 Å². The van der Waals surface area contributed by atoms with Crippen LogP contribution in [0.5, 0.6) is 17.2 Å². The summed E-state index contributed by atoms with van der Waals surface area (Å²) in [5.74, 6) is 2.01. The summed E-state index contributed by atoms with van der Waals surface area (Å²) in [7, 11) is 3.63. The summed E-state index contributed by atoms with van der Waals surface area (Å²) in [5, 5.41) is 10.5. The molecule has 1 heterocycles. The predicted octanol–water partition coefficient (Wildman–Crippen LogP) is 5.96. The molecule has 0 N–H and O–H groups in total. The summed E-state index contributed by atoms with van der Waals surface area (Å²) < 4.78 is 17.4. The van der Waals surface area contributed by atoms with Crippen LogP contribution in [0.2, 0.25) is 0 Å². The number of ether oxygens (including phenoxy) is 3. The van der Waals surface area contributed by atoms with Crippen LogP contribution in [0.1, 0.15) is 24.3 Å². The Bertz CT molecular complexity index is 1280. The third kappa shape index (κ3) is 7.56. The molecule has 0 fully saturated rings. The fraction of sp³-hybridized carbons (Fsp3) is 0.321. The second kappa shape index (κ2) is 14.1. The van der Waals surface area contributed by atoms with Gasteiger partial charge in [-0.2, -0.15) is 0 Å². The number of amides is 1. The Labute approximate surface area is 238 Å². The van der Waals surface area contributed by atoms with Gasteiger partial charge in [0.1, 0.15) is 29.2 Å². The van der Waals surface area contributed by atoms with Crippen LogP contribution < -0.4 is 19.1 Å². The highest BCUT2D eigenvalue weighted by molar-refractivity contribution is 8.00. The van der Waals surface area contributed by atoms with Crippen LogP contribution in [0.15, 0.2) is 71.6 Å². The monoisotopic (exact) mass is 573 g/mol. The lowest BCUT2D eigenvalue weighted by molar-refractivity contribution is -0.384. The van der Waals surface area contributed by atoms with Crippen molar-refractivity contribution in [2.75, 3.05) is 45.4 Å². The number of thioether (sulfide) groups is 1. The number of non-ortho nitro benzene ring substituents is 1. The minimum absolute atomic E-state index is 0.